The Balaban J connectivity index is 0.00000182. The van der Waals surface area contributed by atoms with Gasteiger partial charge in [-0.25, -0.2) is 4.39 Å². The number of hydrogen-bond donors (Lipinski definition) is 2. The molecule has 2 N–H and O–H groups in total. The van der Waals surface area contributed by atoms with Crippen molar-refractivity contribution in [2.45, 2.75) is 44.6 Å². The second kappa shape index (κ2) is 7.50. The fourth-order valence-corrected chi connectivity index (χ4v) is 4.69. The molecule has 1 saturated carbocycles. The van der Waals surface area contributed by atoms with E-state index in [9.17, 15) is 9.18 Å². The smallest absolute Gasteiger partial charge is 0.228 e. The molecule has 2 fully saturated rings. The predicted octanol–water partition coefficient (Wildman–Crippen LogP) is 3.36. The normalized spacial score (nSPS) is 30.9. The Morgan fingerprint density at radius 1 is 1.28 bits per heavy atom. The van der Waals surface area contributed by atoms with E-state index in [0.717, 1.165) is 50.8 Å². The van der Waals surface area contributed by atoms with Gasteiger partial charge in [-0.3, -0.25) is 4.79 Å². The van der Waals surface area contributed by atoms with Crippen LogP contribution in [0.1, 0.15) is 50.1 Å². The van der Waals surface area contributed by atoms with Gasteiger partial charge in [-0.2, -0.15) is 0 Å². The van der Waals surface area contributed by atoms with Crippen molar-refractivity contribution in [1.29, 1.82) is 0 Å². The van der Waals surface area contributed by atoms with Gasteiger partial charge in [0.05, 0.1) is 18.1 Å². The lowest BCUT2D eigenvalue weighted by Gasteiger charge is -2.38. The van der Waals surface area contributed by atoms with Gasteiger partial charge in [0.15, 0.2) is 0 Å². The minimum atomic E-state index is -0.283. The summed E-state index contributed by atoms with van der Waals surface area (Å²) in [6, 6.07) is 4.44. The molecule has 2 aliphatic heterocycles. The molecule has 4 nitrogen and oxygen atoms in total. The van der Waals surface area contributed by atoms with Crippen LogP contribution in [0.4, 0.5) is 4.39 Å². The van der Waals surface area contributed by atoms with E-state index in [1.54, 1.807) is 6.07 Å². The third-order valence-corrected chi connectivity index (χ3v) is 6.04. The highest BCUT2D eigenvalue weighted by Gasteiger charge is 2.50. The van der Waals surface area contributed by atoms with Crippen molar-refractivity contribution in [2.75, 3.05) is 19.7 Å². The molecule has 0 aromatic heterocycles. The summed E-state index contributed by atoms with van der Waals surface area (Å²) < 4.78 is 19.4. The van der Waals surface area contributed by atoms with Crippen LogP contribution in [0, 0.1) is 17.2 Å². The molecule has 6 heteroatoms. The van der Waals surface area contributed by atoms with Crippen LogP contribution in [0.2, 0.25) is 0 Å². The Hall–Kier alpha value is -1.33. The lowest BCUT2D eigenvalue weighted by atomic mass is 9.67. The molecule has 25 heavy (non-hydrogen) atoms. The van der Waals surface area contributed by atoms with Gasteiger partial charge in [0.1, 0.15) is 11.6 Å². The highest BCUT2D eigenvalue weighted by atomic mass is 35.5. The molecule has 0 bridgehead atoms. The Labute approximate surface area is 154 Å². The highest BCUT2D eigenvalue weighted by Crippen LogP contribution is 2.44. The lowest BCUT2D eigenvalue weighted by molar-refractivity contribution is -0.134. The molecule has 1 saturated heterocycles. The van der Waals surface area contributed by atoms with Gasteiger partial charge in [-0.05, 0) is 56.3 Å². The van der Waals surface area contributed by atoms with E-state index in [1.165, 1.54) is 18.6 Å². The summed E-state index contributed by atoms with van der Waals surface area (Å²) in [6.45, 7) is 2.31. The van der Waals surface area contributed by atoms with Crippen molar-refractivity contribution >= 4 is 18.3 Å². The van der Waals surface area contributed by atoms with Gasteiger partial charge in [-0.15, -0.1) is 12.4 Å². The predicted molar refractivity (Wildman–Crippen MR) is 96.5 cm³/mol. The third kappa shape index (κ3) is 3.36. The lowest BCUT2D eigenvalue weighted by Crippen LogP contribution is -2.48. The van der Waals surface area contributed by atoms with Gasteiger partial charge >= 0.3 is 0 Å². The summed E-state index contributed by atoms with van der Waals surface area (Å²) >= 11 is 0. The molecule has 1 aromatic carbocycles. The van der Waals surface area contributed by atoms with Gasteiger partial charge in [-0.1, -0.05) is 12.8 Å². The van der Waals surface area contributed by atoms with E-state index in [1.807, 2.05) is 0 Å². The molecular formula is C19H26ClFN2O2. The fraction of sp³-hybridized carbons (Fsp3) is 0.632. The third-order valence-electron chi connectivity index (χ3n) is 6.04. The summed E-state index contributed by atoms with van der Waals surface area (Å²) in [4.78, 5) is 13.2. The summed E-state index contributed by atoms with van der Waals surface area (Å²) in [5.74, 6) is 0.982. The second-order valence-electron chi connectivity index (χ2n) is 7.43. The van der Waals surface area contributed by atoms with Crippen LogP contribution >= 0.6 is 12.4 Å². The Morgan fingerprint density at radius 3 is 3.04 bits per heavy atom. The first-order chi connectivity index (χ1) is 11.7. The van der Waals surface area contributed by atoms with Crippen LogP contribution < -0.4 is 15.4 Å². The number of nitrogens with one attached hydrogen (secondary N) is 2. The van der Waals surface area contributed by atoms with Crippen molar-refractivity contribution < 1.29 is 13.9 Å². The number of carbonyl (C=O) groups is 1. The van der Waals surface area contributed by atoms with Crippen LogP contribution in [0.3, 0.4) is 0 Å². The number of ether oxygens (including phenoxy) is 1. The van der Waals surface area contributed by atoms with E-state index in [2.05, 4.69) is 10.6 Å². The minimum Gasteiger partial charge on any atom is -0.493 e. The fourth-order valence-electron chi connectivity index (χ4n) is 4.69. The monoisotopic (exact) mass is 368 g/mol. The SMILES string of the molecule is Cl.O=C(NC1CCCOc2ccc(F)cc21)[C@@]12CCCC[C@H]1CNC2. The van der Waals surface area contributed by atoms with Crippen LogP contribution in [-0.2, 0) is 4.79 Å². The first kappa shape index (κ1) is 18.5. The Morgan fingerprint density at radius 2 is 2.16 bits per heavy atom. The average molecular weight is 369 g/mol. The largest absolute Gasteiger partial charge is 0.493 e. The zero-order valence-corrected chi connectivity index (χ0v) is 15.2. The first-order valence-corrected chi connectivity index (χ1v) is 9.13. The summed E-state index contributed by atoms with van der Waals surface area (Å²) in [6.07, 6.45) is 6.05. The molecular weight excluding hydrogens is 343 g/mol. The maximum absolute atomic E-state index is 13.7. The molecule has 1 aromatic rings. The number of benzene rings is 1. The van der Waals surface area contributed by atoms with Gasteiger partial charge in [0.2, 0.25) is 5.91 Å². The molecule has 0 spiro atoms. The topological polar surface area (TPSA) is 50.4 Å². The molecule has 1 amide bonds. The van der Waals surface area contributed by atoms with Gasteiger partial charge in [0, 0.05) is 12.1 Å². The van der Waals surface area contributed by atoms with E-state index >= 15 is 0 Å². The Bertz CT molecular complexity index is 642. The quantitative estimate of drug-likeness (QED) is 0.841. The van der Waals surface area contributed by atoms with E-state index < -0.39 is 0 Å². The number of carbonyl (C=O) groups excluding carboxylic acids is 1. The first-order valence-electron chi connectivity index (χ1n) is 9.13. The molecule has 0 radical (unpaired) electrons. The maximum Gasteiger partial charge on any atom is 0.228 e. The molecule has 1 aliphatic carbocycles. The van der Waals surface area contributed by atoms with Crippen molar-refractivity contribution in [1.82, 2.24) is 10.6 Å². The number of halogens is 2. The van der Waals surface area contributed by atoms with Crippen molar-refractivity contribution in [3.63, 3.8) is 0 Å². The number of fused-ring (bicyclic) bond motifs is 2. The van der Waals surface area contributed by atoms with Crippen molar-refractivity contribution in [2.24, 2.45) is 11.3 Å². The number of rotatable bonds is 2. The van der Waals surface area contributed by atoms with E-state index in [0.29, 0.717) is 18.3 Å². The summed E-state index contributed by atoms with van der Waals surface area (Å²) in [7, 11) is 0. The Kier molecular flexibility index (Phi) is 5.54. The average Bonchev–Trinajstić information content (AvgIpc) is 2.94. The van der Waals surface area contributed by atoms with Crippen molar-refractivity contribution in [3.8, 4) is 5.75 Å². The second-order valence-corrected chi connectivity index (χ2v) is 7.43. The zero-order valence-electron chi connectivity index (χ0n) is 14.4. The van der Waals surface area contributed by atoms with Crippen LogP contribution in [-0.4, -0.2) is 25.6 Å². The summed E-state index contributed by atoms with van der Waals surface area (Å²) in [5, 5.41) is 6.67. The van der Waals surface area contributed by atoms with Crippen LogP contribution in [0.15, 0.2) is 18.2 Å². The summed E-state index contributed by atoms with van der Waals surface area (Å²) in [5.41, 5.74) is 0.495. The molecule has 3 atom stereocenters. The van der Waals surface area contributed by atoms with E-state index in [-0.39, 0.29) is 35.6 Å². The molecule has 3 aliphatic rings. The van der Waals surface area contributed by atoms with Crippen molar-refractivity contribution in [3.05, 3.63) is 29.6 Å². The van der Waals surface area contributed by atoms with E-state index in [4.69, 9.17) is 4.74 Å². The van der Waals surface area contributed by atoms with Crippen LogP contribution in [0.25, 0.3) is 0 Å². The van der Waals surface area contributed by atoms with Crippen LogP contribution in [0.5, 0.6) is 5.75 Å². The number of amides is 1. The standard InChI is InChI=1S/C19H25FN2O2.ClH/c20-14-6-7-17-15(10-14)16(5-3-9-24-17)22-18(23)19-8-2-1-4-13(19)11-21-12-19;/h6-7,10,13,16,21H,1-5,8-9,11-12H2,(H,22,23);1H/t13-,16?,19+;/m0./s1. The molecule has 1 unspecified atom stereocenters. The number of hydrogen-bond acceptors (Lipinski definition) is 3. The molecule has 4 rings (SSSR count). The molecule has 138 valence electrons. The zero-order chi connectivity index (χ0) is 16.6. The highest BCUT2D eigenvalue weighted by molar-refractivity contribution is 5.85. The molecule has 2 heterocycles. The van der Waals surface area contributed by atoms with Gasteiger partial charge in [0.25, 0.3) is 0 Å². The maximum atomic E-state index is 13.7. The van der Waals surface area contributed by atoms with Gasteiger partial charge < -0.3 is 15.4 Å². The minimum absolute atomic E-state index is 0.